The van der Waals surface area contributed by atoms with Crippen LogP contribution in [0.3, 0.4) is 0 Å². The number of carbonyl (C=O) groups excluding carboxylic acids is 1. The number of nitrogens with one attached hydrogen (secondary N) is 1. The van der Waals surface area contributed by atoms with E-state index in [0.29, 0.717) is 45.0 Å². The largest absolute Gasteiger partial charge is 0.463 e. The molecule has 0 bridgehead atoms. The summed E-state index contributed by atoms with van der Waals surface area (Å²) < 4.78 is 12.5. The molecule has 1 aromatic carbocycles. The molecule has 9 heteroatoms. The van der Waals surface area contributed by atoms with Crippen molar-refractivity contribution in [2.75, 3.05) is 6.54 Å². The molecule has 1 aliphatic rings. The summed E-state index contributed by atoms with van der Waals surface area (Å²) in [4.78, 5) is 30.7. The number of furan rings is 1. The second kappa shape index (κ2) is 8.53. The van der Waals surface area contributed by atoms with Gasteiger partial charge in [0.2, 0.25) is 0 Å². The summed E-state index contributed by atoms with van der Waals surface area (Å²) >= 11 is 6.55. The molecule has 2 unspecified atom stereocenters. The monoisotopic (exact) mass is 490 g/mol. The first-order chi connectivity index (χ1) is 17.0. The predicted molar refractivity (Wildman–Crippen MR) is 133 cm³/mol. The lowest BCUT2D eigenvalue weighted by Gasteiger charge is -2.31. The summed E-state index contributed by atoms with van der Waals surface area (Å²) in [7, 11) is 0. The molecule has 1 saturated carbocycles. The summed E-state index contributed by atoms with van der Waals surface area (Å²) in [5.41, 5.74) is 2.81. The highest BCUT2D eigenvalue weighted by molar-refractivity contribution is 6.37. The lowest BCUT2D eigenvalue weighted by atomic mass is 9.85. The Bertz CT molecular complexity index is 1650. The van der Waals surface area contributed by atoms with Crippen LogP contribution in [0.1, 0.15) is 48.0 Å². The van der Waals surface area contributed by atoms with Crippen molar-refractivity contribution < 1.29 is 13.7 Å². The van der Waals surface area contributed by atoms with Gasteiger partial charge >= 0.3 is 0 Å². The maximum absolute atomic E-state index is 13.6. The molecule has 0 radical (unpaired) electrons. The van der Waals surface area contributed by atoms with Gasteiger partial charge in [-0.25, -0.2) is 4.98 Å². The Morgan fingerprint density at radius 3 is 2.97 bits per heavy atom. The van der Waals surface area contributed by atoms with Crippen LogP contribution in [0.2, 0.25) is 5.02 Å². The van der Waals surface area contributed by atoms with Crippen LogP contribution in [0.15, 0.2) is 56.4 Å². The maximum Gasteiger partial charge on any atom is 0.269 e. The molecule has 5 aromatic rings. The molecular formula is C26H23ClN4O4. The third kappa shape index (κ3) is 3.69. The maximum atomic E-state index is 13.6. The third-order valence-corrected chi connectivity index (χ3v) is 7.31. The first kappa shape index (κ1) is 21.9. The van der Waals surface area contributed by atoms with Crippen molar-refractivity contribution >= 4 is 50.4 Å². The molecular weight excluding hydrogens is 468 g/mol. The van der Waals surface area contributed by atoms with E-state index in [1.54, 1.807) is 37.5 Å². The minimum atomic E-state index is -0.217. The zero-order valence-electron chi connectivity index (χ0n) is 19.1. The van der Waals surface area contributed by atoms with Gasteiger partial charge in [0, 0.05) is 24.0 Å². The molecule has 4 aromatic heterocycles. The van der Waals surface area contributed by atoms with Crippen molar-refractivity contribution in [1.82, 2.24) is 20.0 Å². The van der Waals surface area contributed by atoms with Crippen LogP contribution < -0.4 is 10.9 Å². The van der Waals surface area contributed by atoms with Crippen molar-refractivity contribution in [3.63, 3.8) is 0 Å². The summed E-state index contributed by atoms with van der Waals surface area (Å²) in [6.45, 7) is 2.26. The molecule has 0 aliphatic heterocycles. The smallest absolute Gasteiger partial charge is 0.269 e. The van der Waals surface area contributed by atoms with Gasteiger partial charge in [-0.1, -0.05) is 29.2 Å². The molecule has 1 fully saturated rings. The highest BCUT2D eigenvalue weighted by atomic mass is 35.5. The minimum Gasteiger partial charge on any atom is -0.463 e. The zero-order chi connectivity index (χ0) is 24.1. The van der Waals surface area contributed by atoms with Crippen LogP contribution in [0.4, 0.5) is 0 Å². The van der Waals surface area contributed by atoms with Gasteiger partial charge in [-0.3, -0.25) is 9.59 Å². The molecule has 1 N–H and O–H groups in total. The molecule has 0 saturated heterocycles. The zero-order valence-corrected chi connectivity index (χ0v) is 19.8. The Balaban J connectivity index is 1.28. The van der Waals surface area contributed by atoms with Crippen molar-refractivity contribution in [1.29, 1.82) is 0 Å². The van der Waals surface area contributed by atoms with Gasteiger partial charge < -0.3 is 18.8 Å². The topological polar surface area (TPSA) is 103 Å². The van der Waals surface area contributed by atoms with Gasteiger partial charge in [-0.05, 0) is 56.4 Å². The SMILES string of the molecule is Cc1onc2c1c(=O)n(C1CCCC(CNC(=O)c3ccc4occc4n3)C1)c1cccc(Cl)c21. The Labute approximate surface area is 204 Å². The van der Waals surface area contributed by atoms with Crippen LogP contribution in [0.5, 0.6) is 0 Å². The number of aromatic nitrogens is 3. The fourth-order valence-electron chi connectivity index (χ4n) is 5.32. The number of rotatable bonds is 4. The van der Waals surface area contributed by atoms with E-state index in [9.17, 15) is 9.59 Å². The predicted octanol–water partition coefficient (Wildman–Crippen LogP) is 5.41. The van der Waals surface area contributed by atoms with Crippen molar-refractivity contribution in [2.24, 2.45) is 5.92 Å². The normalized spacial score (nSPS) is 18.5. The summed E-state index contributed by atoms with van der Waals surface area (Å²) in [6.07, 6.45) is 5.14. The van der Waals surface area contributed by atoms with Gasteiger partial charge in [0.25, 0.3) is 11.5 Å². The molecule has 178 valence electrons. The van der Waals surface area contributed by atoms with Crippen molar-refractivity contribution in [2.45, 2.75) is 38.6 Å². The van der Waals surface area contributed by atoms with E-state index in [-0.39, 0.29) is 23.4 Å². The Hall–Kier alpha value is -3.65. The van der Waals surface area contributed by atoms with E-state index in [2.05, 4.69) is 15.5 Å². The highest BCUT2D eigenvalue weighted by Crippen LogP contribution is 2.37. The van der Waals surface area contributed by atoms with E-state index in [1.807, 2.05) is 16.7 Å². The number of benzene rings is 1. The van der Waals surface area contributed by atoms with E-state index in [4.69, 9.17) is 20.5 Å². The first-order valence-electron chi connectivity index (χ1n) is 11.7. The summed E-state index contributed by atoms with van der Waals surface area (Å²) in [5.74, 6) is 0.504. The molecule has 1 aliphatic carbocycles. The Morgan fingerprint density at radius 1 is 1.20 bits per heavy atom. The van der Waals surface area contributed by atoms with Gasteiger partial charge in [0.1, 0.15) is 27.9 Å². The van der Waals surface area contributed by atoms with E-state index in [0.717, 1.165) is 36.6 Å². The molecule has 8 nitrogen and oxygen atoms in total. The number of amides is 1. The molecule has 35 heavy (non-hydrogen) atoms. The summed E-state index contributed by atoms with van der Waals surface area (Å²) in [6, 6.07) is 10.7. The lowest BCUT2D eigenvalue weighted by molar-refractivity contribution is 0.0936. The number of halogens is 1. The van der Waals surface area contributed by atoms with Crippen LogP contribution in [-0.2, 0) is 0 Å². The minimum absolute atomic E-state index is 0.0155. The number of carbonyl (C=O) groups is 1. The average Bonchev–Trinajstić information content (AvgIpc) is 3.49. The highest BCUT2D eigenvalue weighted by Gasteiger charge is 2.28. The lowest BCUT2D eigenvalue weighted by Crippen LogP contribution is -2.35. The van der Waals surface area contributed by atoms with Gasteiger partial charge in [-0.2, -0.15) is 0 Å². The third-order valence-electron chi connectivity index (χ3n) is 6.99. The number of aryl methyl sites for hydroxylation is 1. The van der Waals surface area contributed by atoms with Crippen LogP contribution in [0.25, 0.3) is 32.9 Å². The van der Waals surface area contributed by atoms with E-state index >= 15 is 0 Å². The van der Waals surface area contributed by atoms with Crippen molar-refractivity contribution in [3.05, 3.63) is 69.5 Å². The second-order valence-corrected chi connectivity index (χ2v) is 9.58. The number of fused-ring (bicyclic) bond motifs is 4. The number of hydrogen-bond acceptors (Lipinski definition) is 6. The number of pyridine rings is 2. The quantitative estimate of drug-likeness (QED) is 0.361. The van der Waals surface area contributed by atoms with Crippen LogP contribution in [0, 0.1) is 12.8 Å². The van der Waals surface area contributed by atoms with Gasteiger partial charge in [-0.15, -0.1) is 0 Å². The molecule has 0 spiro atoms. The van der Waals surface area contributed by atoms with Crippen LogP contribution >= 0.6 is 11.6 Å². The standard InChI is InChI=1S/C26H23ClN4O4/c1-14-22-24(30-35-14)23-17(27)6-3-7-20(23)31(26(22)33)16-5-2-4-15(12-16)13-28-25(32)19-8-9-21-18(29-19)10-11-34-21/h3,6-11,15-16H,2,4-5,12-13H2,1H3,(H,28,32). The number of nitrogens with zero attached hydrogens (tertiary/aromatic N) is 3. The molecule has 1 amide bonds. The summed E-state index contributed by atoms with van der Waals surface area (Å²) in [5, 5.41) is 8.90. The van der Waals surface area contributed by atoms with Crippen molar-refractivity contribution in [3.8, 4) is 0 Å². The first-order valence-corrected chi connectivity index (χ1v) is 12.1. The second-order valence-electron chi connectivity index (χ2n) is 9.17. The molecule has 2 atom stereocenters. The Morgan fingerprint density at radius 2 is 2.09 bits per heavy atom. The number of hydrogen-bond donors (Lipinski definition) is 1. The van der Waals surface area contributed by atoms with Gasteiger partial charge in [0.05, 0.1) is 16.8 Å². The molecule has 6 rings (SSSR count). The average molecular weight is 491 g/mol. The fourth-order valence-corrected chi connectivity index (χ4v) is 5.58. The van der Waals surface area contributed by atoms with E-state index in [1.165, 1.54) is 0 Å². The fraction of sp³-hybridized carbons (Fsp3) is 0.308. The Kier molecular flexibility index (Phi) is 5.33. The van der Waals surface area contributed by atoms with E-state index < -0.39 is 0 Å². The van der Waals surface area contributed by atoms with Crippen LogP contribution in [-0.4, -0.2) is 27.2 Å². The molecule has 4 heterocycles. The van der Waals surface area contributed by atoms with Gasteiger partial charge in [0.15, 0.2) is 5.58 Å².